The van der Waals surface area contributed by atoms with Crippen LogP contribution >= 0.6 is 0 Å². The van der Waals surface area contributed by atoms with Crippen LogP contribution in [0.1, 0.15) is 29.8 Å². The van der Waals surface area contributed by atoms with Gasteiger partial charge in [-0.2, -0.15) is 0 Å². The molecular formula is C29H29N3O4. The van der Waals surface area contributed by atoms with Crippen LogP contribution in [0.3, 0.4) is 0 Å². The topological polar surface area (TPSA) is 65.0 Å². The lowest BCUT2D eigenvalue weighted by Gasteiger charge is -2.31. The standard InChI is InChI=1S/C29H29N3O4/c1-4-36-23-13-11-20(12-14-23)28-27-10-7-15-31(27)26-9-6-5-8-21(26)19-32(28)29(33)30-22-16-24(34-2)18-25(17-22)35-3/h5-18,28H,4,19H2,1-3H3,(H,30,33)/t28-/m0/s1. The minimum absolute atomic E-state index is 0.228. The highest BCUT2D eigenvalue weighted by atomic mass is 16.5. The first-order chi connectivity index (χ1) is 17.6. The third-order valence-corrected chi connectivity index (χ3v) is 6.33. The third-order valence-electron chi connectivity index (χ3n) is 6.33. The molecule has 184 valence electrons. The van der Waals surface area contributed by atoms with Gasteiger partial charge in [0.2, 0.25) is 0 Å². The first-order valence-electron chi connectivity index (χ1n) is 11.9. The summed E-state index contributed by atoms with van der Waals surface area (Å²) in [6.45, 7) is 2.99. The van der Waals surface area contributed by atoms with Gasteiger partial charge in [-0.1, -0.05) is 30.3 Å². The molecule has 7 heteroatoms. The second-order valence-electron chi connectivity index (χ2n) is 8.50. The summed E-state index contributed by atoms with van der Waals surface area (Å²) in [5.41, 5.74) is 4.70. The summed E-state index contributed by atoms with van der Waals surface area (Å²) in [5, 5.41) is 3.07. The second kappa shape index (κ2) is 10.1. The van der Waals surface area contributed by atoms with Gasteiger partial charge in [0.05, 0.1) is 39.1 Å². The summed E-state index contributed by atoms with van der Waals surface area (Å²) >= 11 is 0. The number of nitrogens with zero attached hydrogens (tertiary/aromatic N) is 2. The zero-order valence-electron chi connectivity index (χ0n) is 20.6. The van der Waals surface area contributed by atoms with Gasteiger partial charge >= 0.3 is 6.03 Å². The number of hydrogen-bond acceptors (Lipinski definition) is 4. The predicted molar refractivity (Wildman–Crippen MR) is 139 cm³/mol. The number of hydrogen-bond donors (Lipinski definition) is 1. The highest BCUT2D eigenvalue weighted by molar-refractivity contribution is 5.90. The summed E-state index contributed by atoms with van der Waals surface area (Å²) < 4.78 is 18.6. The molecule has 1 aliphatic rings. The van der Waals surface area contributed by atoms with Crippen molar-refractivity contribution in [2.24, 2.45) is 0 Å². The lowest BCUT2D eigenvalue weighted by atomic mass is 10.0. The van der Waals surface area contributed by atoms with Crippen molar-refractivity contribution in [2.75, 3.05) is 26.1 Å². The summed E-state index contributed by atoms with van der Waals surface area (Å²) in [4.78, 5) is 15.8. The van der Waals surface area contributed by atoms with Crippen LogP contribution in [0, 0.1) is 0 Å². The van der Waals surface area contributed by atoms with Crippen LogP contribution in [-0.4, -0.2) is 36.3 Å². The van der Waals surface area contributed by atoms with Crippen LogP contribution in [-0.2, 0) is 6.54 Å². The highest BCUT2D eigenvalue weighted by Gasteiger charge is 2.33. The van der Waals surface area contributed by atoms with Crippen molar-refractivity contribution in [3.63, 3.8) is 0 Å². The molecule has 7 nitrogen and oxygen atoms in total. The number of amides is 2. The fraction of sp³-hybridized carbons (Fsp3) is 0.207. The Kier molecular flexibility index (Phi) is 6.54. The molecule has 2 amide bonds. The van der Waals surface area contributed by atoms with Crippen LogP contribution in [0.25, 0.3) is 5.69 Å². The van der Waals surface area contributed by atoms with Gasteiger partial charge < -0.3 is 29.0 Å². The fourth-order valence-electron chi connectivity index (χ4n) is 4.68. The summed E-state index contributed by atoms with van der Waals surface area (Å²) in [6, 6.07) is 25.0. The number of anilines is 1. The molecule has 1 N–H and O–H groups in total. The minimum atomic E-state index is -0.324. The van der Waals surface area contributed by atoms with E-state index in [1.54, 1.807) is 32.4 Å². The second-order valence-corrected chi connectivity index (χ2v) is 8.50. The molecule has 0 saturated carbocycles. The third kappa shape index (κ3) is 4.47. The normalized spacial score (nSPS) is 14.3. The Morgan fingerprint density at radius 3 is 2.33 bits per heavy atom. The van der Waals surface area contributed by atoms with Crippen LogP contribution in [0.2, 0.25) is 0 Å². The summed E-state index contributed by atoms with van der Waals surface area (Å²) in [6.07, 6.45) is 2.05. The molecule has 0 bridgehead atoms. The van der Waals surface area contributed by atoms with E-state index in [9.17, 15) is 4.79 Å². The average molecular weight is 484 g/mol. The van der Waals surface area contributed by atoms with Crippen molar-refractivity contribution in [3.05, 3.63) is 102 Å². The smallest absolute Gasteiger partial charge is 0.322 e. The van der Waals surface area contributed by atoms with E-state index < -0.39 is 0 Å². The van der Waals surface area contributed by atoms with Crippen molar-refractivity contribution in [1.29, 1.82) is 0 Å². The Balaban J connectivity index is 1.58. The molecule has 4 aromatic rings. The van der Waals surface area contributed by atoms with E-state index in [2.05, 4.69) is 28.1 Å². The zero-order valence-corrected chi connectivity index (χ0v) is 20.6. The quantitative estimate of drug-likeness (QED) is 0.364. The Hall–Kier alpha value is -4.39. The number of carbonyl (C=O) groups is 1. The molecule has 0 unspecified atom stereocenters. The van der Waals surface area contributed by atoms with Gasteiger partial charge in [-0.15, -0.1) is 0 Å². The molecule has 0 spiro atoms. The molecule has 3 aromatic carbocycles. The Morgan fingerprint density at radius 1 is 0.917 bits per heavy atom. The Labute approximate surface area is 210 Å². The van der Waals surface area contributed by atoms with Crippen molar-refractivity contribution < 1.29 is 19.0 Å². The molecule has 1 aromatic heterocycles. The molecule has 2 heterocycles. The number of methoxy groups -OCH3 is 2. The van der Waals surface area contributed by atoms with Gasteiger partial charge in [0, 0.05) is 35.8 Å². The van der Waals surface area contributed by atoms with E-state index >= 15 is 0 Å². The van der Waals surface area contributed by atoms with E-state index in [1.807, 2.05) is 60.5 Å². The molecule has 0 radical (unpaired) electrons. The van der Waals surface area contributed by atoms with Crippen LogP contribution < -0.4 is 19.5 Å². The SMILES string of the molecule is CCOc1ccc([C@H]2c3cccn3-c3ccccc3CN2C(=O)Nc2cc(OC)cc(OC)c2)cc1. The van der Waals surface area contributed by atoms with E-state index in [1.165, 1.54) is 0 Å². The maximum absolute atomic E-state index is 13.9. The van der Waals surface area contributed by atoms with Crippen molar-refractivity contribution in [2.45, 2.75) is 19.5 Å². The van der Waals surface area contributed by atoms with E-state index in [0.717, 1.165) is 28.3 Å². The van der Waals surface area contributed by atoms with Crippen LogP contribution in [0.5, 0.6) is 17.2 Å². The molecule has 1 aliphatic heterocycles. The Morgan fingerprint density at radius 2 is 1.64 bits per heavy atom. The average Bonchev–Trinajstić information content (AvgIpc) is 3.33. The molecule has 0 aliphatic carbocycles. The number of rotatable bonds is 6. The molecule has 36 heavy (non-hydrogen) atoms. The summed E-state index contributed by atoms with van der Waals surface area (Å²) in [5.74, 6) is 2.00. The first-order valence-corrected chi connectivity index (χ1v) is 11.9. The van der Waals surface area contributed by atoms with E-state index in [4.69, 9.17) is 14.2 Å². The molecule has 5 rings (SSSR count). The zero-order chi connectivity index (χ0) is 25.1. The Bertz CT molecular complexity index is 1340. The number of para-hydroxylation sites is 1. The first kappa shape index (κ1) is 23.4. The van der Waals surface area contributed by atoms with Crippen LogP contribution in [0.15, 0.2) is 85.1 Å². The number of ether oxygens (including phenoxy) is 3. The van der Waals surface area contributed by atoms with Gasteiger partial charge in [0.1, 0.15) is 17.2 Å². The van der Waals surface area contributed by atoms with Gasteiger partial charge in [-0.3, -0.25) is 0 Å². The number of aromatic nitrogens is 1. The summed E-state index contributed by atoms with van der Waals surface area (Å²) in [7, 11) is 3.17. The van der Waals surface area contributed by atoms with Crippen molar-refractivity contribution in [3.8, 4) is 22.9 Å². The van der Waals surface area contributed by atoms with Crippen molar-refractivity contribution in [1.82, 2.24) is 9.47 Å². The van der Waals surface area contributed by atoms with Crippen molar-refractivity contribution >= 4 is 11.7 Å². The fourth-order valence-corrected chi connectivity index (χ4v) is 4.68. The molecular weight excluding hydrogens is 454 g/mol. The molecule has 0 fully saturated rings. The largest absolute Gasteiger partial charge is 0.497 e. The number of carbonyl (C=O) groups excluding carboxylic acids is 1. The van der Waals surface area contributed by atoms with Gasteiger partial charge in [0.25, 0.3) is 0 Å². The highest BCUT2D eigenvalue weighted by Crippen LogP contribution is 2.37. The maximum atomic E-state index is 13.9. The van der Waals surface area contributed by atoms with Gasteiger partial charge in [0.15, 0.2) is 0 Å². The van der Waals surface area contributed by atoms with Crippen LogP contribution in [0.4, 0.5) is 10.5 Å². The van der Waals surface area contributed by atoms with E-state index in [0.29, 0.717) is 30.3 Å². The number of nitrogens with one attached hydrogen (secondary N) is 1. The number of benzene rings is 3. The van der Waals surface area contributed by atoms with E-state index in [-0.39, 0.29) is 12.1 Å². The number of fused-ring (bicyclic) bond motifs is 3. The predicted octanol–water partition coefficient (Wildman–Crippen LogP) is 6.03. The molecule has 1 atom stereocenters. The monoisotopic (exact) mass is 483 g/mol. The maximum Gasteiger partial charge on any atom is 0.322 e. The lowest BCUT2D eigenvalue weighted by molar-refractivity contribution is 0.194. The van der Waals surface area contributed by atoms with Gasteiger partial charge in [-0.25, -0.2) is 4.79 Å². The molecule has 0 saturated heterocycles. The number of urea groups is 1. The lowest BCUT2D eigenvalue weighted by Crippen LogP contribution is -2.37. The minimum Gasteiger partial charge on any atom is -0.497 e. The van der Waals surface area contributed by atoms with Gasteiger partial charge in [-0.05, 0) is 48.4 Å².